The third-order valence-corrected chi connectivity index (χ3v) is 6.67. The van der Waals surface area contributed by atoms with Crippen molar-refractivity contribution in [1.29, 1.82) is 0 Å². The summed E-state index contributed by atoms with van der Waals surface area (Å²) >= 11 is 3.39. The molecule has 0 heterocycles. The fourth-order valence-electron chi connectivity index (χ4n) is 5.54. The third-order valence-electron chi connectivity index (χ3n) is 6.18. The van der Waals surface area contributed by atoms with Crippen molar-refractivity contribution in [3.8, 4) is 0 Å². The molecule has 0 aromatic heterocycles. The molecule has 0 unspecified atom stereocenters. The zero-order valence-corrected chi connectivity index (χ0v) is 16.3. The van der Waals surface area contributed by atoms with Gasteiger partial charge in [0.25, 0.3) is 5.91 Å². The van der Waals surface area contributed by atoms with E-state index in [2.05, 4.69) is 31.8 Å². The normalized spacial score (nSPS) is 32.0. The molecule has 0 atom stereocenters. The molecule has 4 fully saturated rings. The van der Waals surface area contributed by atoms with E-state index in [9.17, 15) is 9.59 Å². The van der Waals surface area contributed by atoms with E-state index < -0.39 is 0 Å². The van der Waals surface area contributed by atoms with Crippen LogP contribution in [0.2, 0.25) is 0 Å². The van der Waals surface area contributed by atoms with Gasteiger partial charge in [0.15, 0.2) is 0 Å². The smallest absolute Gasteiger partial charge is 0.259 e. The monoisotopic (exact) mass is 417 g/mol. The number of nitrogens with zero attached hydrogens (tertiary/aromatic N) is 1. The minimum absolute atomic E-state index is 0.0175. The zero-order chi connectivity index (χ0) is 18.1. The number of carbonyl (C=O) groups is 2. The Labute approximate surface area is 162 Å². The summed E-state index contributed by atoms with van der Waals surface area (Å²) in [7, 11) is 0. The van der Waals surface area contributed by atoms with Gasteiger partial charge in [-0.1, -0.05) is 28.1 Å². The highest BCUT2D eigenvalue weighted by atomic mass is 79.9. The predicted molar refractivity (Wildman–Crippen MR) is 103 cm³/mol. The molecule has 0 radical (unpaired) electrons. The van der Waals surface area contributed by atoms with E-state index >= 15 is 0 Å². The van der Waals surface area contributed by atoms with Crippen LogP contribution in [0.25, 0.3) is 0 Å². The summed E-state index contributed by atoms with van der Waals surface area (Å²) in [4.78, 5) is 24.8. The van der Waals surface area contributed by atoms with E-state index in [4.69, 9.17) is 0 Å². The largest absolute Gasteiger partial charge is 0.346 e. The zero-order valence-electron chi connectivity index (χ0n) is 14.7. The maximum atomic E-state index is 12.8. The van der Waals surface area contributed by atoms with Crippen molar-refractivity contribution in [3.05, 3.63) is 34.3 Å². The van der Waals surface area contributed by atoms with Crippen LogP contribution >= 0.6 is 15.9 Å². The predicted octanol–water partition coefficient (Wildman–Crippen LogP) is 3.23. The first-order chi connectivity index (χ1) is 12.5. The Kier molecular flexibility index (Phi) is 4.86. The molecular formula is C20H24BrN3O2. The van der Waals surface area contributed by atoms with Crippen molar-refractivity contribution in [2.75, 3.05) is 6.54 Å². The van der Waals surface area contributed by atoms with Gasteiger partial charge in [0.1, 0.15) is 0 Å². The average molecular weight is 418 g/mol. The molecule has 5 nitrogen and oxygen atoms in total. The van der Waals surface area contributed by atoms with E-state index in [-0.39, 0.29) is 23.8 Å². The fraction of sp³-hybridized carbons (Fsp3) is 0.550. The Hall–Kier alpha value is -1.69. The second-order valence-corrected chi connectivity index (χ2v) is 9.14. The number of hydrazone groups is 1. The van der Waals surface area contributed by atoms with Gasteiger partial charge in [0.2, 0.25) is 5.91 Å². The number of hydrogen-bond donors (Lipinski definition) is 2. The average Bonchev–Trinajstić information content (AvgIpc) is 2.58. The second-order valence-electron chi connectivity index (χ2n) is 8.23. The van der Waals surface area contributed by atoms with Crippen molar-refractivity contribution in [3.63, 3.8) is 0 Å². The third kappa shape index (κ3) is 3.70. The minimum atomic E-state index is -0.297. The number of carbonyl (C=O) groups excluding carboxylic acids is 2. The highest BCUT2D eigenvalue weighted by Crippen LogP contribution is 2.60. The van der Waals surface area contributed by atoms with Crippen molar-refractivity contribution < 1.29 is 9.59 Å². The number of nitrogens with one attached hydrogen (secondary N) is 2. The second kappa shape index (κ2) is 7.14. The first-order valence-electron chi connectivity index (χ1n) is 9.38. The van der Waals surface area contributed by atoms with Gasteiger partial charge in [-0.05, 0) is 74.0 Å². The van der Waals surface area contributed by atoms with Gasteiger partial charge >= 0.3 is 0 Å². The minimum Gasteiger partial charge on any atom is -0.346 e. The Morgan fingerprint density at radius 2 is 1.81 bits per heavy atom. The van der Waals surface area contributed by atoms with Crippen molar-refractivity contribution in [2.24, 2.45) is 28.3 Å². The van der Waals surface area contributed by atoms with Crippen molar-refractivity contribution >= 4 is 34.0 Å². The number of halogens is 1. The fourth-order valence-corrected chi connectivity index (χ4v) is 5.96. The molecule has 4 aliphatic carbocycles. The van der Waals surface area contributed by atoms with E-state index in [0.717, 1.165) is 47.1 Å². The van der Waals surface area contributed by atoms with Gasteiger partial charge < -0.3 is 5.32 Å². The summed E-state index contributed by atoms with van der Waals surface area (Å²) in [5, 5.41) is 6.82. The van der Waals surface area contributed by atoms with Gasteiger partial charge in [-0.15, -0.1) is 0 Å². The highest BCUT2D eigenvalue weighted by molar-refractivity contribution is 9.10. The Morgan fingerprint density at radius 3 is 2.42 bits per heavy atom. The molecule has 4 saturated carbocycles. The van der Waals surface area contributed by atoms with Crippen LogP contribution in [0.3, 0.4) is 0 Å². The molecule has 0 aliphatic heterocycles. The molecule has 0 spiro atoms. The van der Waals surface area contributed by atoms with Gasteiger partial charge in [0.05, 0.1) is 12.8 Å². The molecule has 4 aliphatic rings. The molecule has 6 heteroatoms. The molecule has 4 bridgehead atoms. The van der Waals surface area contributed by atoms with Crippen molar-refractivity contribution in [1.82, 2.24) is 10.7 Å². The highest BCUT2D eigenvalue weighted by Gasteiger charge is 2.54. The SMILES string of the molecule is O=C(CNC(=O)C12CC3CC(CC(C3)C1)C2)NN=Cc1cccc(Br)c1. The molecule has 1 aromatic rings. The van der Waals surface area contributed by atoms with Crippen LogP contribution in [0.5, 0.6) is 0 Å². The van der Waals surface area contributed by atoms with E-state index in [1.165, 1.54) is 19.3 Å². The Morgan fingerprint density at radius 1 is 1.15 bits per heavy atom. The van der Waals surface area contributed by atoms with Crippen LogP contribution in [0.15, 0.2) is 33.8 Å². The molecule has 138 valence electrons. The summed E-state index contributed by atoms with van der Waals surface area (Å²) in [6.45, 7) is -0.0175. The van der Waals surface area contributed by atoms with Crippen LogP contribution in [0.4, 0.5) is 0 Å². The topological polar surface area (TPSA) is 70.6 Å². The van der Waals surface area contributed by atoms with Crippen LogP contribution in [0, 0.1) is 23.2 Å². The van der Waals surface area contributed by atoms with Gasteiger partial charge in [-0.3, -0.25) is 9.59 Å². The first-order valence-corrected chi connectivity index (χ1v) is 10.2. The summed E-state index contributed by atoms with van der Waals surface area (Å²) in [5.41, 5.74) is 3.15. The molecule has 26 heavy (non-hydrogen) atoms. The lowest BCUT2D eigenvalue weighted by atomic mass is 9.49. The number of benzene rings is 1. The lowest BCUT2D eigenvalue weighted by Gasteiger charge is -2.55. The molecule has 2 amide bonds. The maximum Gasteiger partial charge on any atom is 0.259 e. The molecular weight excluding hydrogens is 394 g/mol. The Bertz CT molecular complexity index is 711. The van der Waals surface area contributed by atoms with Crippen LogP contribution in [-0.2, 0) is 9.59 Å². The van der Waals surface area contributed by atoms with Gasteiger partial charge in [0, 0.05) is 9.89 Å². The van der Waals surface area contributed by atoms with Crippen molar-refractivity contribution in [2.45, 2.75) is 38.5 Å². The lowest BCUT2D eigenvalue weighted by Crippen LogP contribution is -2.54. The molecule has 1 aromatic carbocycles. The van der Waals surface area contributed by atoms with Crippen LogP contribution in [-0.4, -0.2) is 24.6 Å². The van der Waals surface area contributed by atoms with Crippen LogP contribution < -0.4 is 10.7 Å². The van der Waals surface area contributed by atoms with E-state index in [0.29, 0.717) is 0 Å². The first kappa shape index (κ1) is 17.7. The summed E-state index contributed by atoms with van der Waals surface area (Å²) in [6.07, 6.45) is 8.52. The van der Waals surface area contributed by atoms with Gasteiger partial charge in [-0.2, -0.15) is 5.10 Å². The summed E-state index contributed by atoms with van der Waals surface area (Å²) in [6, 6.07) is 7.63. The molecule has 2 N–H and O–H groups in total. The Balaban J connectivity index is 1.27. The van der Waals surface area contributed by atoms with E-state index in [1.54, 1.807) is 6.21 Å². The maximum absolute atomic E-state index is 12.8. The number of amides is 2. The number of hydrogen-bond acceptors (Lipinski definition) is 3. The van der Waals surface area contributed by atoms with E-state index in [1.807, 2.05) is 24.3 Å². The lowest BCUT2D eigenvalue weighted by molar-refractivity contribution is -0.147. The summed E-state index contributed by atoms with van der Waals surface area (Å²) in [5.74, 6) is 1.93. The summed E-state index contributed by atoms with van der Waals surface area (Å²) < 4.78 is 0.954. The van der Waals surface area contributed by atoms with Crippen LogP contribution in [0.1, 0.15) is 44.1 Å². The standard InChI is InChI=1S/C20H24BrN3O2/c21-17-3-1-2-13(7-17)11-23-24-18(25)12-22-19(26)20-8-14-4-15(9-20)6-16(5-14)10-20/h1-3,7,11,14-16H,4-6,8-10,12H2,(H,22,26)(H,24,25). The molecule has 5 rings (SSSR count). The van der Waals surface area contributed by atoms with Gasteiger partial charge in [-0.25, -0.2) is 5.43 Å². The quantitative estimate of drug-likeness (QED) is 0.570. The molecule has 0 saturated heterocycles. The number of rotatable bonds is 5.